The third-order valence-electron chi connectivity index (χ3n) is 5.13. The van der Waals surface area contributed by atoms with Gasteiger partial charge in [-0.1, -0.05) is 41.9 Å². The van der Waals surface area contributed by atoms with Gasteiger partial charge in [0.15, 0.2) is 0 Å². The fraction of sp³-hybridized carbons (Fsp3) is 0.227. The van der Waals surface area contributed by atoms with Gasteiger partial charge in [0, 0.05) is 29.6 Å². The Kier molecular flexibility index (Phi) is 5.92. The summed E-state index contributed by atoms with van der Waals surface area (Å²) < 4.78 is 13.8. The van der Waals surface area contributed by atoms with Gasteiger partial charge < -0.3 is 5.32 Å². The van der Waals surface area contributed by atoms with E-state index in [1.165, 1.54) is 18.2 Å². The minimum absolute atomic E-state index is 0.0728. The SMILES string of the molecule is O=C(NCCN1C(=O)S/C(=C/c2ccccc2F)C1=O)C1CC1c1ccc(Cl)cc1. The van der Waals surface area contributed by atoms with Crippen molar-refractivity contribution in [2.24, 2.45) is 5.92 Å². The minimum Gasteiger partial charge on any atom is -0.354 e. The second-order valence-electron chi connectivity index (χ2n) is 7.15. The molecule has 1 aliphatic heterocycles. The Morgan fingerprint density at radius 3 is 2.67 bits per heavy atom. The van der Waals surface area contributed by atoms with E-state index in [1.807, 2.05) is 12.1 Å². The lowest BCUT2D eigenvalue weighted by Gasteiger charge is -2.13. The number of hydrogen-bond acceptors (Lipinski definition) is 4. The van der Waals surface area contributed by atoms with Crippen LogP contribution in [0.15, 0.2) is 53.4 Å². The Morgan fingerprint density at radius 2 is 1.93 bits per heavy atom. The van der Waals surface area contributed by atoms with E-state index in [-0.39, 0.29) is 41.3 Å². The van der Waals surface area contributed by atoms with Gasteiger partial charge in [0.25, 0.3) is 11.1 Å². The Balaban J connectivity index is 1.29. The number of nitrogens with one attached hydrogen (secondary N) is 1. The summed E-state index contributed by atoms with van der Waals surface area (Å²) in [5.74, 6) is -0.974. The lowest BCUT2D eigenvalue weighted by molar-refractivity contribution is -0.124. The molecule has 2 aliphatic rings. The Bertz CT molecular complexity index is 1040. The number of imide groups is 1. The maximum Gasteiger partial charge on any atom is 0.293 e. The highest BCUT2D eigenvalue weighted by atomic mass is 35.5. The normalized spacial score (nSPS) is 21.9. The first kappa shape index (κ1) is 20.6. The molecule has 2 aromatic carbocycles. The molecule has 2 fully saturated rings. The number of halogens is 2. The van der Waals surface area contributed by atoms with Crippen LogP contribution in [-0.2, 0) is 9.59 Å². The molecule has 1 aliphatic carbocycles. The molecule has 5 nitrogen and oxygen atoms in total. The molecule has 2 aromatic rings. The van der Waals surface area contributed by atoms with Crippen molar-refractivity contribution >= 4 is 46.5 Å². The smallest absolute Gasteiger partial charge is 0.293 e. The average Bonchev–Trinajstić information content (AvgIpc) is 3.48. The predicted molar refractivity (Wildman–Crippen MR) is 114 cm³/mol. The number of carbonyl (C=O) groups is 3. The lowest BCUT2D eigenvalue weighted by atomic mass is 10.1. The quantitative estimate of drug-likeness (QED) is 0.669. The van der Waals surface area contributed by atoms with E-state index in [4.69, 9.17) is 11.6 Å². The van der Waals surface area contributed by atoms with E-state index in [1.54, 1.807) is 24.3 Å². The van der Waals surface area contributed by atoms with Crippen LogP contribution in [0, 0.1) is 11.7 Å². The van der Waals surface area contributed by atoms with Crippen LogP contribution in [0.1, 0.15) is 23.5 Å². The minimum atomic E-state index is -0.479. The van der Waals surface area contributed by atoms with Crippen LogP contribution >= 0.6 is 23.4 Å². The van der Waals surface area contributed by atoms with Crippen molar-refractivity contribution in [2.75, 3.05) is 13.1 Å². The summed E-state index contributed by atoms with van der Waals surface area (Å²) >= 11 is 6.66. The predicted octanol–water partition coefficient (Wildman–Crippen LogP) is 4.44. The van der Waals surface area contributed by atoms with E-state index in [0.717, 1.165) is 28.6 Å². The molecule has 1 N–H and O–H groups in total. The van der Waals surface area contributed by atoms with Crippen LogP contribution in [-0.4, -0.2) is 35.0 Å². The molecular weight excluding hydrogens is 427 g/mol. The zero-order chi connectivity index (χ0) is 21.3. The molecule has 1 saturated heterocycles. The van der Waals surface area contributed by atoms with Crippen molar-refractivity contribution < 1.29 is 18.8 Å². The van der Waals surface area contributed by atoms with Gasteiger partial charge in [-0.25, -0.2) is 4.39 Å². The number of rotatable bonds is 6. The maximum atomic E-state index is 13.8. The molecule has 3 amide bonds. The summed E-state index contributed by atoms with van der Waals surface area (Å²) in [6.45, 7) is 0.247. The average molecular weight is 445 g/mol. The van der Waals surface area contributed by atoms with Gasteiger partial charge in [0.2, 0.25) is 5.91 Å². The van der Waals surface area contributed by atoms with Crippen molar-refractivity contribution in [3.8, 4) is 0 Å². The van der Waals surface area contributed by atoms with Crippen molar-refractivity contribution in [2.45, 2.75) is 12.3 Å². The summed E-state index contributed by atoms with van der Waals surface area (Å²) in [5, 5.41) is 3.02. The van der Waals surface area contributed by atoms with Gasteiger partial charge >= 0.3 is 0 Å². The highest BCUT2D eigenvalue weighted by molar-refractivity contribution is 8.18. The second kappa shape index (κ2) is 8.62. The molecule has 0 spiro atoms. The number of nitrogens with zero attached hydrogens (tertiary/aromatic N) is 1. The molecule has 0 aromatic heterocycles. The van der Waals surface area contributed by atoms with Gasteiger partial charge in [0.05, 0.1) is 4.91 Å². The fourth-order valence-corrected chi connectivity index (χ4v) is 4.39. The molecule has 2 unspecified atom stereocenters. The van der Waals surface area contributed by atoms with Crippen LogP contribution < -0.4 is 5.32 Å². The van der Waals surface area contributed by atoms with Crippen LogP contribution in [0.5, 0.6) is 0 Å². The Morgan fingerprint density at radius 1 is 1.20 bits per heavy atom. The Hall–Kier alpha value is -2.64. The highest BCUT2D eigenvalue weighted by Gasteiger charge is 2.44. The number of amides is 3. The van der Waals surface area contributed by atoms with Crippen molar-refractivity contribution in [1.82, 2.24) is 10.2 Å². The second-order valence-corrected chi connectivity index (χ2v) is 8.58. The summed E-state index contributed by atoms with van der Waals surface area (Å²) in [5.41, 5.74) is 1.32. The fourth-order valence-electron chi connectivity index (χ4n) is 3.41. The first-order valence-corrected chi connectivity index (χ1v) is 10.7. The van der Waals surface area contributed by atoms with Gasteiger partial charge in [-0.05, 0) is 53.9 Å². The molecular formula is C22H18ClFN2O3S. The molecule has 154 valence electrons. The Labute approximate surface area is 182 Å². The zero-order valence-electron chi connectivity index (χ0n) is 15.8. The number of benzene rings is 2. The van der Waals surface area contributed by atoms with Crippen LogP contribution in [0.2, 0.25) is 5.02 Å². The molecule has 1 saturated carbocycles. The molecule has 0 radical (unpaired) electrons. The van der Waals surface area contributed by atoms with E-state index in [0.29, 0.717) is 5.02 Å². The van der Waals surface area contributed by atoms with Crippen LogP contribution in [0.4, 0.5) is 9.18 Å². The molecule has 4 rings (SSSR count). The number of hydrogen-bond donors (Lipinski definition) is 1. The van der Waals surface area contributed by atoms with Gasteiger partial charge in [-0.3, -0.25) is 19.3 Å². The van der Waals surface area contributed by atoms with Crippen molar-refractivity contribution in [3.63, 3.8) is 0 Å². The summed E-state index contributed by atoms with van der Waals surface area (Å²) in [6.07, 6.45) is 2.14. The summed E-state index contributed by atoms with van der Waals surface area (Å²) in [7, 11) is 0. The third-order valence-corrected chi connectivity index (χ3v) is 6.28. The van der Waals surface area contributed by atoms with E-state index >= 15 is 0 Å². The zero-order valence-corrected chi connectivity index (χ0v) is 17.4. The van der Waals surface area contributed by atoms with E-state index in [2.05, 4.69) is 5.32 Å². The summed E-state index contributed by atoms with van der Waals surface area (Å²) in [4.78, 5) is 38.2. The van der Waals surface area contributed by atoms with Crippen LogP contribution in [0.3, 0.4) is 0 Å². The maximum absolute atomic E-state index is 13.8. The first-order valence-electron chi connectivity index (χ1n) is 9.47. The highest BCUT2D eigenvalue weighted by Crippen LogP contribution is 2.47. The van der Waals surface area contributed by atoms with E-state index < -0.39 is 17.0 Å². The molecule has 2 atom stereocenters. The standard InChI is InChI=1S/C22H18ClFN2O3S/c23-15-7-5-13(6-8-15)16-12-17(16)20(27)25-9-10-26-21(28)19(30-22(26)29)11-14-3-1-2-4-18(14)24/h1-8,11,16-17H,9-10,12H2,(H,25,27)/b19-11+. The summed E-state index contributed by atoms with van der Waals surface area (Å²) in [6, 6.07) is 13.5. The van der Waals surface area contributed by atoms with E-state index in [9.17, 15) is 18.8 Å². The third kappa shape index (κ3) is 4.42. The van der Waals surface area contributed by atoms with Gasteiger partial charge in [-0.2, -0.15) is 0 Å². The van der Waals surface area contributed by atoms with Gasteiger partial charge in [0.1, 0.15) is 5.82 Å². The van der Waals surface area contributed by atoms with Gasteiger partial charge in [-0.15, -0.1) is 0 Å². The topological polar surface area (TPSA) is 66.5 Å². The van der Waals surface area contributed by atoms with Crippen molar-refractivity contribution in [1.29, 1.82) is 0 Å². The monoisotopic (exact) mass is 444 g/mol. The molecule has 8 heteroatoms. The molecule has 0 bridgehead atoms. The molecule has 30 heavy (non-hydrogen) atoms. The first-order chi connectivity index (χ1) is 14.4. The van der Waals surface area contributed by atoms with Crippen molar-refractivity contribution in [3.05, 3.63) is 75.4 Å². The lowest BCUT2D eigenvalue weighted by Crippen LogP contribution is -2.37. The number of thioether (sulfide) groups is 1. The molecule has 1 heterocycles. The van der Waals surface area contributed by atoms with Crippen LogP contribution in [0.25, 0.3) is 6.08 Å². The number of carbonyl (C=O) groups excluding carboxylic acids is 3. The largest absolute Gasteiger partial charge is 0.354 e.